The van der Waals surface area contributed by atoms with Crippen molar-refractivity contribution in [3.63, 3.8) is 0 Å². The smallest absolute Gasteiger partial charge is 0.257 e. The number of rotatable bonds is 2. The Morgan fingerprint density at radius 3 is 2.54 bits per heavy atom. The van der Waals surface area contributed by atoms with E-state index >= 15 is 0 Å². The highest BCUT2D eigenvalue weighted by Crippen LogP contribution is 2.38. The lowest BCUT2D eigenvalue weighted by Crippen LogP contribution is -2.31. The number of anilines is 1. The van der Waals surface area contributed by atoms with E-state index in [1.165, 1.54) is 0 Å². The van der Waals surface area contributed by atoms with E-state index in [9.17, 15) is 9.59 Å². The highest BCUT2D eigenvalue weighted by atomic mass is 35.5. The Hall–Kier alpha value is -2.63. The monoisotopic (exact) mass is 385 g/mol. The normalized spacial score (nSPS) is 16.1. The first-order chi connectivity index (χ1) is 12.5. The third kappa shape index (κ3) is 3.00. The molecule has 2 N–H and O–H groups in total. The Bertz CT molecular complexity index is 1060. The molecule has 0 saturated carbocycles. The third-order valence-corrected chi connectivity index (χ3v) is 4.90. The number of carbonyl (C=O) groups is 1. The Morgan fingerprint density at radius 2 is 1.81 bits per heavy atom. The molecule has 5 nitrogen and oxygen atoms in total. The number of carbonyl (C=O) groups excluding carboxylic acids is 1. The third-order valence-electron chi connectivity index (χ3n) is 4.34. The molecule has 1 aliphatic rings. The summed E-state index contributed by atoms with van der Waals surface area (Å²) in [6.45, 7) is 0. The van der Waals surface area contributed by atoms with Crippen molar-refractivity contribution in [3.05, 3.63) is 80.1 Å². The number of halogens is 2. The molecule has 130 valence electrons. The Kier molecular flexibility index (Phi) is 4.26. The molecule has 1 unspecified atom stereocenters. The molecular weight excluding hydrogens is 373 g/mol. The maximum atomic E-state index is 12.8. The van der Waals surface area contributed by atoms with Crippen LogP contribution in [-0.2, 0) is 4.79 Å². The van der Waals surface area contributed by atoms with Crippen LogP contribution in [0.1, 0.15) is 23.5 Å². The lowest BCUT2D eigenvalue weighted by Gasteiger charge is -2.25. The number of aromatic nitrogens is 2. The highest BCUT2D eigenvalue weighted by Gasteiger charge is 2.32. The maximum Gasteiger partial charge on any atom is 0.257 e. The van der Waals surface area contributed by atoms with Crippen LogP contribution in [0.2, 0.25) is 10.0 Å². The second-order valence-corrected chi connectivity index (χ2v) is 6.86. The second kappa shape index (κ2) is 6.59. The summed E-state index contributed by atoms with van der Waals surface area (Å²) >= 11 is 12.3. The van der Waals surface area contributed by atoms with Crippen molar-refractivity contribution in [2.24, 2.45) is 0 Å². The van der Waals surface area contributed by atoms with Gasteiger partial charge in [0.25, 0.3) is 5.56 Å². The Labute approximate surface area is 159 Å². The van der Waals surface area contributed by atoms with E-state index in [2.05, 4.69) is 15.3 Å². The van der Waals surface area contributed by atoms with Crippen LogP contribution in [-0.4, -0.2) is 15.9 Å². The summed E-state index contributed by atoms with van der Waals surface area (Å²) in [7, 11) is 0. The molecule has 0 saturated heterocycles. The van der Waals surface area contributed by atoms with E-state index in [1.54, 1.807) is 18.2 Å². The predicted octanol–water partition coefficient (Wildman–Crippen LogP) is 4.22. The van der Waals surface area contributed by atoms with Gasteiger partial charge >= 0.3 is 0 Å². The van der Waals surface area contributed by atoms with Crippen molar-refractivity contribution < 1.29 is 4.79 Å². The fourth-order valence-electron chi connectivity index (χ4n) is 3.15. The highest BCUT2D eigenvalue weighted by molar-refractivity contribution is 6.35. The predicted molar refractivity (Wildman–Crippen MR) is 102 cm³/mol. The van der Waals surface area contributed by atoms with E-state index in [1.807, 2.05) is 30.3 Å². The van der Waals surface area contributed by atoms with Crippen LogP contribution in [0, 0.1) is 0 Å². The maximum absolute atomic E-state index is 12.8. The van der Waals surface area contributed by atoms with Gasteiger partial charge in [-0.05, 0) is 17.7 Å². The Balaban J connectivity index is 1.88. The molecule has 0 aliphatic carbocycles. The van der Waals surface area contributed by atoms with Crippen molar-refractivity contribution in [3.8, 4) is 11.4 Å². The molecule has 4 rings (SSSR count). The zero-order valence-corrected chi connectivity index (χ0v) is 14.9. The van der Waals surface area contributed by atoms with Crippen LogP contribution in [0.25, 0.3) is 11.4 Å². The van der Waals surface area contributed by atoms with Gasteiger partial charge in [-0.2, -0.15) is 0 Å². The molecule has 0 fully saturated rings. The summed E-state index contributed by atoms with van der Waals surface area (Å²) in [5.41, 5.74) is 1.53. The molecule has 0 radical (unpaired) electrons. The lowest BCUT2D eigenvalue weighted by molar-refractivity contribution is -0.116. The SMILES string of the molecule is O=C1CC(c2ccc(Cl)cc2Cl)c2c(nc(-c3ccccc3)[nH]c2=O)N1. The van der Waals surface area contributed by atoms with Gasteiger partial charge in [0.05, 0.1) is 5.56 Å². The topological polar surface area (TPSA) is 74.8 Å². The van der Waals surface area contributed by atoms with Gasteiger partial charge in [-0.3, -0.25) is 9.59 Å². The van der Waals surface area contributed by atoms with Gasteiger partial charge in [0.2, 0.25) is 5.91 Å². The average molecular weight is 386 g/mol. The summed E-state index contributed by atoms with van der Waals surface area (Å²) in [6.07, 6.45) is 0.115. The minimum atomic E-state index is -0.482. The molecule has 1 aromatic heterocycles. The number of aromatic amines is 1. The molecule has 0 bridgehead atoms. The summed E-state index contributed by atoms with van der Waals surface area (Å²) in [6, 6.07) is 14.3. The van der Waals surface area contributed by atoms with Crippen molar-refractivity contribution in [1.82, 2.24) is 9.97 Å². The molecule has 3 aromatic rings. The van der Waals surface area contributed by atoms with Gasteiger partial charge in [0.15, 0.2) is 0 Å². The van der Waals surface area contributed by atoms with Gasteiger partial charge in [-0.1, -0.05) is 59.6 Å². The molecule has 1 aliphatic heterocycles. The van der Waals surface area contributed by atoms with Gasteiger partial charge in [0, 0.05) is 27.9 Å². The number of H-pyrrole nitrogens is 1. The van der Waals surface area contributed by atoms with E-state index in [0.29, 0.717) is 27.0 Å². The van der Waals surface area contributed by atoms with Crippen molar-refractivity contribution >= 4 is 34.9 Å². The first-order valence-corrected chi connectivity index (χ1v) is 8.73. The number of fused-ring (bicyclic) bond motifs is 1. The largest absolute Gasteiger partial charge is 0.310 e. The summed E-state index contributed by atoms with van der Waals surface area (Å²) in [4.78, 5) is 32.3. The van der Waals surface area contributed by atoms with Gasteiger partial charge in [-0.15, -0.1) is 0 Å². The second-order valence-electron chi connectivity index (χ2n) is 6.01. The van der Waals surface area contributed by atoms with Gasteiger partial charge < -0.3 is 10.3 Å². The minimum Gasteiger partial charge on any atom is -0.310 e. The summed E-state index contributed by atoms with van der Waals surface area (Å²) < 4.78 is 0. The van der Waals surface area contributed by atoms with Crippen LogP contribution in [0.5, 0.6) is 0 Å². The quantitative estimate of drug-likeness (QED) is 0.693. The number of benzene rings is 2. The Morgan fingerprint density at radius 1 is 1.04 bits per heavy atom. The molecular formula is C19H13Cl2N3O2. The van der Waals surface area contributed by atoms with Crippen molar-refractivity contribution in [1.29, 1.82) is 0 Å². The molecule has 1 atom stereocenters. The first-order valence-electron chi connectivity index (χ1n) is 7.97. The van der Waals surface area contributed by atoms with Crippen LogP contribution in [0.4, 0.5) is 5.82 Å². The number of amides is 1. The summed E-state index contributed by atoms with van der Waals surface area (Å²) in [5.74, 6) is -0.0346. The van der Waals surface area contributed by atoms with Crippen LogP contribution in [0.3, 0.4) is 0 Å². The molecule has 0 spiro atoms. The molecule has 2 heterocycles. The number of hydrogen-bond acceptors (Lipinski definition) is 3. The van der Waals surface area contributed by atoms with Crippen molar-refractivity contribution in [2.75, 3.05) is 5.32 Å². The lowest BCUT2D eigenvalue weighted by atomic mass is 9.86. The van der Waals surface area contributed by atoms with Gasteiger partial charge in [-0.25, -0.2) is 4.98 Å². The fraction of sp³-hybridized carbons (Fsp3) is 0.105. The van der Waals surface area contributed by atoms with Crippen molar-refractivity contribution in [2.45, 2.75) is 12.3 Å². The minimum absolute atomic E-state index is 0.115. The number of nitrogens with zero attached hydrogens (tertiary/aromatic N) is 1. The average Bonchev–Trinajstić information content (AvgIpc) is 2.61. The zero-order valence-electron chi connectivity index (χ0n) is 13.4. The molecule has 7 heteroatoms. The fourth-order valence-corrected chi connectivity index (χ4v) is 3.69. The summed E-state index contributed by atoms with van der Waals surface area (Å²) in [5, 5.41) is 3.61. The standard InChI is InChI=1S/C19H13Cl2N3O2/c20-11-6-7-12(14(21)8-11)13-9-15(25)22-18-16(13)19(26)24-17(23-18)10-4-2-1-3-5-10/h1-8,13H,9H2,(H2,22,23,24,25,26). The van der Waals surface area contributed by atoms with Crippen LogP contribution < -0.4 is 10.9 Å². The molecule has 26 heavy (non-hydrogen) atoms. The van der Waals surface area contributed by atoms with Gasteiger partial charge in [0.1, 0.15) is 11.6 Å². The number of nitrogens with one attached hydrogen (secondary N) is 2. The van der Waals surface area contributed by atoms with E-state index < -0.39 is 5.92 Å². The van der Waals surface area contributed by atoms with Crippen LogP contribution >= 0.6 is 23.2 Å². The number of hydrogen-bond donors (Lipinski definition) is 2. The van der Waals surface area contributed by atoms with E-state index in [-0.39, 0.29) is 23.7 Å². The van der Waals surface area contributed by atoms with Crippen LogP contribution in [0.15, 0.2) is 53.3 Å². The van der Waals surface area contributed by atoms with E-state index in [4.69, 9.17) is 23.2 Å². The first kappa shape index (κ1) is 16.8. The molecule has 2 aromatic carbocycles. The van der Waals surface area contributed by atoms with E-state index in [0.717, 1.165) is 5.56 Å². The molecule has 1 amide bonds. The zero-order chi connectivity index (χ0) is 18.3.